The summed E-state index contributed by atoms with van der Waals surface area (Å²) in [7, 11) is 0. The molecule has 0 atom stereocenters. The zero-order valence-electron chi connectivity index (χ0n) is 5.43. The Balaban J connectivity index is 3.27. The van der Waals surface area contributed by atoms with Crippen molar-refractivity contribution in [3.8, 4) is 6.07 Å². The molecular formula is C7H7NO. The molecule has 1 aromatic rings. The Hall–Kier alpha value is -1.23. The fourth-order valence-electron chi connectivity index (χ4n) is 0.739. The van der Waals surface area contributed by atoms with E-state index in [0.717, 1.165) is 5.56 Å². The highest BCUT2D eigenvalue weighted by molar-refractivity contribution is 5.37. The largest absolute Gasteiger partial charge is 0.468 e. The molecule has 1 rings (SSSR count). The highest BCUT2D eigenvalue weighted by atomic mass is 16.3. The summed E-state index contributed by atoms with van der Waals surface area (Å²) in [6, 6.07) is 2.05. The molecule has 0 N–H and O–H groups in total. The Morgan fingerprint density at radius 1 is 1.56 bits per heavy atom. The van der Waals surface area contributed by atoms with Gasteiger partial charge in [-0.25, -0.2) is 0 Å². The lowest BCUT2D eigenvalue weighted by Gasteiger charge is -1.80. The van der Waals surface area contributed by atoms with Crippen LogP contribution in [-0.4, -0.2) is 0 Å². The summed E-state index contributed by atoms with van der Waals surface area (Å²) < 4.78 is 4.96. The van der Waals surface area contributed by atoms with Crippen LogP contribution in [0.25, 0.3) is 0 Å². The van der Waals surface area contributed by atoms with E-state index in [1.165, 1.54) is 0 Å². The van der Waals surface area contributed by atoms with Gasteiger partial charge >= 0.3 is 0 Å². The van der Waals surface area contributed by atoms with E-state index in [1.54, 1.807) is 13.2 Å². The van der Waals surface area contributed by atoms with E-state index in [2.05, 4.69) is 0 Å². The number of nitrogens with zero attached hydrogens (tertiary/aromatic N) is 1. The Morgan fingerprint density at radius 2 is 2.22 bits per heavy atom. The standard InChI is InChI=1S/C7H7NO/c1-5-4-9-6(2)7(5)3-8/h4H,1-2H3. The predicted molar refractivity (Wildman–Crippen MR) is 32.9 cm³/mol. The second kappa shape index (κ2) is 1.94. The monoisotopic (exact) mass is 121 g/mol. The molecule has 0 amide bonds. The number of hydrogen-bond donors (Lipinski definition) is 0. The third-order valence-corrected chi connectivity index (χ3v) is 1.27. The van der Waals surface area contributed by atoms with Crippen molar-refractivity contribution in [2.24, 2.45) is 0 Å². The molecule has 1 aromatic heterocycles. The van der Waals surface area contributed by atoms with Crippen molar-refractivity contribution in [3.05, 3.63) is 23.2 Å². The van der Waals surface area contributed by atoms with E-state index >= 15 is 0 Å². The second-order valence-electron chi connectivity index (χ2n) is 1.96. The quantitative estimate of drug-likeness (QED) is 0.524. The molecule has 2 heteroatoms. The van der Waals surface area contributed by atoms with Gasteiger partial charge in [0, 0.05) is 5.56 Å². The summed E-state index contributed by atoms with van der Waals surface area (Å²) in [6.07, 6.45) is 1.59. The normalized spacial score (nSPS) is 9.00. The highest BCUT2D eigenvalue weighted by Gasteiger charge is 2.03. The first-order chi connectivity index (χ1) is 4.25. The first-order valence-electron chi connectivity index (χ1n) is 2.70. The smallest absolute Gasteiger partial charge is 0.118 e. The first kappa shape index (κ1) is 5.90. The van der Waals surface area contributed by atoms with Crippen LogP contribution in [0, 0.1) is 25.2 Å². The average molecular weight is 121 g/mol. The fourth-order valence-corrected chi connectivity index (χ4v) is 0.739. The molecule has 0 radical (unpaired) electrons. The van der Waals surface area contributed by atoms with Crippen LogP contribution in [-0.2, 0) is 0 Å². The van der Waals surface area contributed by atoms with Gasteiger partial charge in [-0.15, -0.1) is 0 Å². The maximum atomic E-state index is 8.48. The second-order valence-corrected chi connectivity index (χ2v) is 1.96. The maximum absolute atomic E-state index is 8.48. The van der Waals surface area contributed by atoms with Crippen molar-refractivity contribution in [2.45, 2.75) is 13.8 Å². The molecule has 0 bridgehead atoms. The van der Waals surface area contributed by atoms with Gasteiger partial charge in [0.25, 0.3) is 0 Å². The highest BCUT2D eigenvalue weighted by Crippen LogP contribution is 2.12. The van der Waals surface area contributed by atoms with Crippen LogP contribution >= 0.6 is 0 Å². The maximum Gasteiger partial charge on any atom is 0.118 e. The summed E-state index contributed by atoms with van der Waals surface area (Å²) in [5.74, 6) is 0.704. The summed E-state index contributed by atoms with van der Waals surface area (Å²) in [5, 5.41) is 8.48. The molecule has 0 saturated carbocycles. The van der Waals surface area contributed by atoms with Crippen LogP contribution in [0.2, 0.25) is 0 Å². The number of nitriles is 1. The Labute approximate surface area is 53.7 Å². The van der Waals surface area contributed by atoms with E-state index in [0.29, 0.717) is 11.3 Å². The zero-order valence-corrected chi connectivity index (χ0v) is 5.43. The van der Waals surface area contributed by atoms with E-state index in [-0.39, 0.29) is 0 Å². The summed E-state index contributed by atoms with van der Waals surface area (Å²) in [5.41, 5.74) is 1.57. The number of furan rings is 1. The molecular weight excluding hydrogens is 114 g/mol. The summed E-state index contributed by atoms with van der Waals surface area (Å²) >= 11 is 0. The minimum Gasteiger partial charge on any atom is -0.468 e. The molecule has 0 aliphatic carbocycles. The topological polar surface area (TPSA) is 36.9 Å². The predicted octanol–water partition coefficient (Wildman–Crippen LogP) is 1.77. The molecule has 0 fully saturated rings. The van der Waals surface area contributed by atoms with Crippen LogP contribution in [0.3, 0.4) is 0 Å². The molecule has 9 heavy (non-hydrogen) atoms. The molecule has 0 spiro atoms. The Morgan fingerprint density at radius 3 is 2.44 bits per heavy atom. The lowest BCUT2D eigenvalue weighted by atomic mass is 10.2. The molecule has 0 unspecified atom stereocenters. The van der Waals surface area contributed by atoms with Gasteiger partial charge < -0.3 is 4.42 Å². The van der Waals surface area contributed by atoms with Crippen LogP contribution in [0.15, 0.2) is 10.7 Å². The molecule has 2 nitrogen and oxygen atoms in total. The van der Waals surface area contributed by atoms with Gasteiger partial charge in [0.2, 0.25) is 0 Å². The Bertz CT molecular complexity index is 235. The third kappa shape index (κ3) is 0.812. The first-order valence-corrected chi connectivity index (χ1v) is 2.70. The lowest BCUT2D eigenvalue weighted by Crippen LogP contribution is -1.74. The van der Waals surface area contributed by atoms with Crippen LogP contribution in [0.1, 0.15) is 16.9 Å². The summed E-state index contributed by atoms with van der Waals surface area (Å²) in [6.45, 7) is 3.64. The number of rotatable bonds is 0. The van der Waals surface area contributed by atoms with Gasteiger partial charge in [0.1, 0.15) is 11.8 Å². The minimum absolute atomic E-state index is 0.662. The summed E-state index contributed by atoms with van der Waals surface area (Å²) in [4.78, 5) is 0. The van der Waals surface area contributed by atoms with Crippen molar-refractivity contribution < 1.29 is 4.42 Å². The molecule has 0 aliphatic heterocycles. The SMILES string of the molecule is Cc1coc(C)c1C#N. The number of hydrogen-bond acceptors (Lipinski definition) is 2. The van der Waals surface area contributed by atoms with Crippen molar-refractivity contribution in [1.29, 1.82) is 5.26 Å². The van der Waals surface area contributed by atoms with E-state index in [1.807, 2.05) is 13.0 Å². The lowest BCUT2D eigenvalue weighted by molar-refractivity contribution is 0.532. The number of aryl methyl sites for hydroxylation is 2. The van der Waals surface area contributed by atoms with Gasteiger partial charge in [0.05, 0.1) is 11.8 Å². The molecule has 46 valence electrons. The van der Waals surface area contributed by atoms with Crippen molar-refractivity contribution in [1.82, 2.24) is 0 Å². The van der Waals surface area contributed by atoms with Gasteiger partial charge in [-0.2, -0.15) is 5.26 Å². The van der Waals surface area contributed by atoms with Crippen molar-refractivity contribution >= 4 is 0 Å². The van der Waals surface area contributed by atoms with Crippen molar-refractivity contribution in [2.75, 3.05) is 0 Å². The van der Waals surface area contributed by atoms with Crippen molar-refractivity contribution in [3.63, 3.8) is 0 Å². The zero-order chi connectivity index (χ0) is 6.85. The molecule has 0 saturated heterocycles. The van der Waals surface area contributed by atoms with E-state index in [9.17, 15) is 0 Å². The Kier molecular flexibility index (Phi) is 1.27. The van der Waals surface area contributed by atoms with Crippen LogP contribution in [0.5, 0.6) is 0 Å². The van der Waals surface area contributed by atoms with E-state index in [4.69, 9.17) is 9.68 Å². The van der Waals surface area contributed by atoms with E-state index < -0.39 is 0 Å². The van der Waals surface area contributed by atoms with Gasteiger partial charge in [-0.3, -0.25) is 0 Å². The third-order valence-electron chi connectivity index (χ3n) is 1.27. The minimum atomic E-state index is 0.662. The fraction of sp³-hybridized carbons (Fsp3) is 0.286. The van der Waals surface area contributed by atoms with Gasteiger partial charge in [0.15, 0.2) is 0 Å². The molecule has 0 aliphatic rings. The van der Waals surface area contributed by atoms with Crippen LogP contribution < -0.4 is 0 Å². The molecule has 0 aromatic carbocycles. The van der Waals surface area contributed by atoms with Crippen LogP contribution in [0.4, 0.5) is 0 Å². The molecule has 1 heterocycles. The van der Waals surface area contributed by atoms with Gasteiger partial charge in [-0.05, 0) is 13.8 Å². The average Bonchev–Trinajstić information content (AvgIpc) is 2.12. The van der Waals surface area contributed by atoms with Gasteiger partial charge in [-0.1, -0.05) is 0 Å².